The first-order valence-electron chi connectivity index (χ1n) is 7.24. The van der Waals surface area contributed by atoms with Crippen LogP contribution in [-0.4, -0.2) is 42.8 Å². The Bertz CT molecular complexity index is 380. The molecule has 0 aromatic rings. The van der Waals surface area contributed by atoms with Gasteiger partial charge in [0.25, 0.3) is 0 Å². The third kappa shape index (κ3) is 6.33. The van der Waals surface area contributed by atoms with E-state index >= 15 is 0 Å². The predicted octanol–water partition coefficient (Wildman–Crippen LogP) is 3.69. The molecular weight excluding hydrogens is 353 g/mol. The molecule has 0 atom stereocenters. The summed E-state index contributed by atoms with van der Waals surface area (Å²) < 4.78 is 31.6. The minimum Gasteiger partial charge on any atom is -0.416 e. The molecular formula is C11H30O5Si5. The summed E-state index contributed by atoms with van der Waals surface area (Å²) >= 11 is 0. The van der Waals surface area contributed by atoms with Crippen molar-refractivity contribution < 1.29 is 20.6 Å². The first kappa shape index (κ1) is 19.7. The zero-order valence-corrected chi connectivity index (χ0v) is 19.8. The Morgan fingerprint density at radius 1 is 0.524 bits per heavy atom. The summed E-state index contributed by atoms with van der Waals surface area (Å²) in [6, 6.07) is 0. The molecule has 1 fully saturated rings. The van der Waals surface area contributed by atoms with Gasteiger partial charge in [0, 0.05) is 0 Å². The lowest BCUT2D eigenvalue weighted by atomic mass is 11.3. The van der Waals surface area contributed by atoms with Crippen molar-refractivity contribution in [3.63, 3.8) is 0 Å². The van der Waals surface area contributed by atoms with Crippen molar-refractivity contribution in [1.82, 2.24) is 0 Å². The van der Waals surface area contributed by atoms with Crippen LogP contribution in [0.5, 0.6) is 0 Å². The van der Waals surface area contributed by atoms with E-state index < -0.39 is 42.8 Å². The van der Waals surface area contributed by atoms with Crippen LogP contribution in [-0.2, 0) is 20.6 Å². The Hall–Kier alpha value is 0.624. The fourth-order valence-corrected chi connectivity index (χ4v) is 28.3. The molecule has 0 N–H and O–H groups in total. The second-order valence-corrected chi connectivity index (χ2v) is 25.1. The van der Waals surface area contributed by atoms with Gasteiger partial charge in [-0.25, -0.2) is 0 Å². The Morgan fingerprint density at radius 3 is 1.00 bits per heavy atom. The normalized spacial score (nSPS) is 30.3. The molecule has 0 radical (unpaired) electrons. The molecule has 0 unspecified atom stereocenters. The van der Waals surface area contributed by atoms with E-state index in [0.717, 1.165) is 0 Å². The molecule has 21 heavy (non-hydrogen) atoms. The molecule has 124 valence electrons. The highest BCUT2D eigenvalue weighted by atomic mass is 28.5. The van der Waals surface area contributed by atoms with Gasteiger partial charge in [0.05, 0.1) is 0 Å². The molecule has 0 aromatic heterocycles. The van der Waals surface area contributed by atoms with Gasteiger partial charge in [-0.05, 0) is 58.9 Å². The van der Waals surface area contributed by atoms with Crippen molar-refractivity contribution in [2.45, 2.75) is 58.9 Å². The average Bonchev–Trinajstić information content (AvgIpc) is 2.06. The number of hydrogen-bond donors (Lipinski definition) is 0. The van der Waals surface area contributed by atoms with Crippen molar-refractivity contribution >= 4 is 42.8 Å². The van der Waals surface area contributed by atoms with E-state index in [0.29, 0.717) is 0 Å². The monoisotopic (exact) mass is 382 g/mol. The highest BCUT2D eigenvalue weighted by molar-refractivity contribution is 6.94. The predicted molar refractivity (Wildman–Crippen MR) is 97.2 cm³/mol. The van der Waals surface area contributed by atoms with E-state index in [1.165, 1.54) is 0 Å². The fraction of sp³-hybridized carbons (Fsp3) is 0.818. The van der Waals surface area contributed by atoms with Crippen LogP contribution in [0.15, 0.2) is 12.3 Å². The zero-order valence-electron chi connectivity index (χ0n) is 14.8. The molecule has 0 aromatic carbocycles. The Balaban J connectivity index is 3.24. The van der Waals surface area contributed by atoms with Crippen LogP contribution in [0, 0.1) is 0 Å². The van der Waals surface area contributed by atoms with Gasteiger partial charge in [0.2, 0.25) is 0 Å². The number of rotatable bonds is 1. The molecule has 1 aliphatic rings. The van der Waals surface area contributed by atoms with Gasteiger partial charge in [0.1, 0.15) is 0 Å². The van der Waals surface area contributed by atoms with Gasteiger partial charge < -0.3 is 20.6 Å². The van der Waals surface area contributed by atoms with Gasteiger partial charge in [-0.15, -0.1) is 6.58 Å². The standard InChI is InChI=1S/C11H30O5Si5/c1-11-21(10)15-19(6,7)13-17(2,3)12-18(4,5)14-20(8,9)16-21/h11H,1H2,2-10H3. The summed E-state index contributed by atoms with van der Waals surface area (Å²) in [6.45, 7) is 22.4. The quantitative estimate of drug-likeness (QED) is 0.647. The Labute approximate surface area is 134 Å². The molecule has 0 saturated carbocycles. The highest BCUT2D eigenvalue weighted by Crippen LogP contribution is 2.30. The summed E-state index contributed by atoms with van der Waals surface area (Å²) in [6.07, 6.45) is 0. The third-order valence-electron chi connectivity index (χ3n) is 2.74. The van der Waals surface area contributed by atoms with Gasteiger partial charge in [-0.1, -0.05) is 5.70 Å². The van der Waals surface area contributed by atoms with Crippen molar-refractivity contribution in [3.05, 3.63) is 12.3 Å². The maximum absolute atomic E-state index is 6.33. The van der Waals surface area contributed by atoms with E-state index in [-0.39, 0.29) is 0 Å². The molecule has 1 heterocycles. The summed E-state index contributed by atoms with van der Waals surface area (Å²) in [5.74, 6) is 0. The molecule has 1 rings (SSSR count). The van der Waals surface area contributed by atoms with Gasteiger partial charge in [0.15, 0.2) is 0 Å². The fourth-order valence-electron chi connectivity index (χ4n) is 2.94. The minimum atomic E-state index is -2.52. The lowest BCUT2D eigenvalue weighted by Gasteiger charge is -2.46. The van der Waals surface area contributed by atoms with E-state index in [4.69, 9.17) is 20.6 Å². The van der Waals surface area contributed by atoms with Gasteiger partial charge in [-0.2, -0.15) is 0 Å². The summed E-state index contributed by atoms with van der Waals surface area (Å²) in [5.41, 5.74) is 1.83. The van der Waals surface area contributed by atoms with E-state index in [1.807, 2.05) is 12.2 Å². The van der Waals surface area contributed by atoms with Crippen molar-refractivity contribution in [3.8, 4) is 0 Å². The van der Waals surface area contributed by atoms with Crippen LogP contribution in [0.25, 0.3) is 0 Å². The number of hydrogen-bond acceptors (Lipinski definition) is 5. The maximum Gasteiger partial charge on any atom is 0.343 e. The van der Waals surface area contributed by atoms with E-state index in [9.17, 15) is 0 Å². The minimum absolute atomic E-state index is 1.83. The lowest BCUT2D eigenvalue weighted by molar-refractivity contribution is 0.241. The van der Waals surface area contributed by atoms with Crippen molar-refractivity contribution in [2.75, 3.05) is 0 Å². The summed E-state index contributed by atoms with van der Waals surface area (Å²) in [4.78, 5) is 0. The van der Waals surface area contributed by atoms with Crippen molar-refractivity contribution in [1.29, 1.82) is 0 Å². The molecule has 0 aliphatic carbocycles. The summed E-state index contributed by atoms with van der Waals surface area (Å²) in [7, 11) is -11.8. The van der Waals surface area contributed by atoms with Crippen molar-refractivity contribution in [2.24, 2.45) is 0 Å². The first-order valence-corrected chi connectivity index (χ1v) is 20.9. The molecule has 1 saturated heterocycles. The zero-order chi connectivity index (χ0) is 16.7. The van der Waals surface area contributed by atoms with Crippen LogP contribution >= 0.6 is 0 Å². The highest BCUT2D eigenvalue weighted by Gasteiger charge is 2.51. The SMILES string of the molecule is C=C[Si]1(C)O[Si](C)(C)O[Si](C)(C)O[Si](C)(C)O[Si](C)(C)O1. The average molecular weight is 383 g/mol. The second-order valence-electron chi connectivity index (χ2n) is 7.33. The van der Waals surface area contributed by atoms with Gasteiger partial charge >= 0.3 is 42.8 Å². The first-order chi connectivity index (χ1) is 9.10. The van der Waals surface area contributed by atoms with E-state index in [2.05, 4.69) is 59.0 Å². The van der Waals surface area contributed by atoms with Gasteiger partial charge in [-0.3, -0.25) is 0 Å². The molecule has 5 nitrogen and oxygen atoms in total. The second kappa shape index (κ2) is 5.92. The lowest BCUT2D eigenvalue weighted by Crippen LogP contribution is -2.64. The molecule has 0 bridgehead atoms. The van der Waals surface area contributed by atoms with Crippen LogP contribution in [0.3, 0.4) is 0 Å². The Kier molecular flexibility index (Phi) is 5.55. The smallest absolute Gasteiger partial charge is 0.343 e. The van der Waals surface area contributed by atoms with Crippen LogP contribution in [0.1, 0.15) is 0 Å². The molecule has 10 heteroatoms. The van der Waals surface area contributed by atoms with Crippen LogP contribution in [0.2, 0.25) is 58.9 Å². The maximum atomic E-state index is 6.33. The molecule has 0 amide bonds. The largest absolute Gasteiger partial charge is 0.416 e. The van der Waals surface area contributed by atoms with E-state index in [1.54, 1.807) is 0 Å². The molecule has 1 aliphatic heterocycles. The third-order valence-corrected chi connectivity index (χ3v) is 22.5. The van der Waals surface area contributed by atoms with Crippen LogP contribution < -0.4 is 0 Å². The van der Waals surface area contributed by atoms with Crippen LogP contribution in [0.4, 0.5) is 0 Å². The summed E-state index contributed by atoms with van der Waals surface area (Å²) in [5, 5.41) is 0. The Morgan fingerprint density at radius 2 is 0.762 bits per heavy atom. The topological polar surface area (TPSA) is 46.2 Å². The molecule has 0 spiro atoms.